The lowest BCUT2D eigenvalue weighted by atomic mass is 9.98. The second-order valence-electron chi connectivity index (χ2n) is 4.73. The smallest absolute Gasteiger partial charge is 0.251 e. The molecule has 0 aromatic heterocycles. The van der Waals surface area contributed by atoms with Gasteiger partial charge in [0.25, 0.3) is 5.91 Å². The summed E-state index contributed by atoms with van der Waals surface area (Å²) in [7, 11) is 0. The topological polar surface area (TPSA) is 49.3 Å². The molecule has 0 aliphatic heterocycles. The van der Waals surface area contributed by atoms with Gasteiger partial charge in [-0.1, -0.05) is 24.4 Å². The Balaban J connectivity index is 2.13. The fourth-order valence-electron chi connectivity index (χ4n) is 2.32. The van der Waals surface area contributed by atoms with Crippen molar-refractivity contribution in [2.24, 2.45) is 0 Å². The minimum Gasteiger partial charge on any atom is -0.394 e. The summed E-state index contributed by atoms with van der Waals surface area (Å²) in [6, 6.07) is 5.09. The molecule has 1 aliphatic carbocycles. The molecule has 5 heteroatoms. The number of hydrogen-bond acceptors (Lipinski definition) is 2. The summed E-state index contributed by atoms with van der Waals surface area (Å²) < 4.78 is 0.762. The van der Waals surface area contributed by atoms with Crippen molar-refractivity contribution in [3.63, 3.8) is 0 Å². The Bertz CT molecular complexity index is 458. The van der Waals surface area contributed by atoms with E-state index in [9.17, 15) is 9.90 Å². The van der Waals surface area contributed by atoms with Gasteiger partial charge in [0.1, 0.15) is 0 Å². The maximum atomic E-state index is 12.1. The summed E-state index contributed by atoms with van der Waals surface area (Å²) in [5, 5.41) is 12.9. The third-order valence-electron chi connectivity index (χ3n) is 3.42. The van der Waals surface area contributed by atoms with E-state index >= 15 is 0 Å². The van der Waals surface area contributed by atoms with E-state index in [0.717, 1.165) is 30.2 Å². The van der Waals surface area contributed by atoms with Crippen molar-refractivity contribution < 1.29 is 9.90 Å². The van der Waals surface area contributed by atoms with Crippen LogP contribution in [0, 0.1) is 0 Å². The van der Waals surface area contributed by atoms with Gasteiger partial charge in [-0.15, -0.1) is 0 Å². The third-order valence-corrected chi connectivity index (χ3v) is 4.66. The molecule has 2 rings (SSSR count). The van der Waals surface area contributed by atoms with Crippen molar-refractivity contribution in [1.82, 2.24) is 5.32 Å². The van der Waals surface area contributed by atoms with Crippen LogP contribution in [0.3, 0.4) is 0 Å². The zero-order chi connectivity index (χ0) is 13.2. The van der Waals surface area contributed by atoms with E-state index in [-0.39, 0.29) is 12.5 Å². The molecule has 2 N–H and O–H groups in total. The van der Waals surface area contributed by atoms with Crippen LogP contribution in [0.4, 0.5) is 0 Å². The normalized spacial score (nSPS) is 17.7. The highest BCUT2D eigenvalue weighted by Crippen LogP contribution is 2.30. The fraction of sp³-hybridized carbons (Fsp3) is 0.462. The van der Waals surface area contributed by atoms with E-state index in [1.165, 1.54) is 0 Å². The number of rotatable bonds is 3. The molecular weight excluding hydrogens is 318 g/mol. The van der Waals surface area contributed by atoms with Gasteiger partial charge in [-0.3, -0.25) is 4.79 Å². The van der Waals surface area contributed by atoms with Crippen LogP contribution in [0.1, 0.15) is 36.0 Å². The van der Waals surface area contributed by atoms with E-state index in [1.54, 1.807) is 18.2 Å². The number of aliphatic hydroxyl groups is 1. The van der Waals surface area contributed by atoms with Crippen LogP contribution >= 0.6 is 27.5 Å². The zero-order valence-corrected chi connectivity index (χ0v) is 12.2. The molecule has 1 aromatic rings. The van der Waals surface area contributed by atoms with Gasteiger partial charge in [-0.05, 0) is 47.0 Å². The van der Waals surface area contributed by atoms with Crippen molar-refractivity contribution >= 4 is 33.4 Å². The second-order valence-corrected chi connectivity index (χ2v) is 5.99. The predicted octanol–water partition coefficient (Wildman–Crippen LogP) is 3.14. The highest BCUT2D eigenvalue weighted by Gasteiger charge is 2.34. The summed E-state index contributed by atoms with van der Waals surface area (Å²) in [5.41, 5.74) is 0.0688. The Hall–Kier alpha value is -0.580. The van der Waals surface area contributed by atoms with Crippen LogP contribution in [0.25, 0.3) is 0 Å². The van der Waals surface area contributed by atoms with E-state index in [1.807, 2.05) is 0 Å². The molecule has 98 valence electrons. The van der Waals surface area contributed by atoms with Gasteiger partial charge in [0, 0.05) is 10.0 Å². The number of carbonyl (C=O) groups is 1. The van der Waals surface area contributed by atoms with E-state index in [4.69, 9.17) is 11.6 Å². The number of hydrogen-bond donors (Lipinski definition) is 2. The van der Waals surface area contributed by atoms with Crippen LogP contribution in [0.15, 0.2) is 22.7 Å². The molecule has 1 aromatic carbocycles. The molecule has 18 heavy (non-hydrogen) atoms. The lowest BCUT2D eigenvalue weighted by Crippen LogP contribution is -2.49. The summed E-state index contributed by atoms with van der Waals surface area (Å²) in [6.07, 6.45) is 3.75. The Kier molecular flexibility index (Phi) is 4.30. The number of halogens is 2. The molecule has 0 spiro atoms. The van der Waals surface area contributed by atoms with Gasteiger partial charge in [0.15, 0.2) is 0 Å². The van der Waals surface area contributed by atoms with Crippen LogP contribution in [0.2, 0.25) is 5.02 Å². The maximum absolute atomic E-state index is 12.1. The van der Waals surface area contributed by atoms with Gasteiger partial charge < -0.3 is 10.4 Å². The molecule has 1 saturated carbocycles. The van der Waals surface area contributed by atoms with Crippen LogP contribution < -0.4 is 5.32 Å². The van der Waals surface area contributed by atoms with Crippen molar-refractivity contribution in [2.75, 3.05) is 6.61 Å². The highest BCUT2D eigenvalue weighted by atomic mass is 79.9. The minimum atomic E-state index is -0.448. The molecular formula is C13H15BrClNO2. The molecule has 1 amide bonds. The quantitative estimate of drug-likeness (QED) is 0.893. The molecule has 0 saturated heterocycles. The summed E-state index contributed by atoms with van der Waals surface area (Å²) in [5.74, 6) is -0.180. The van der Waals surface area contributed by atoms with Crippen LogP contribution in [0.5, 0.6) is 0 Å². The number of amides is 1. The summed E-state index contributed by atoms with van der Waals surface area (Å²) in [4.78, 5) is 12.1. The number of aliphatic hydroxyl groups excluding tert-OH is 1. The average Bonchev–Trinajstić information content (AvgIpc) is 2.82. The van der Waals surface area contributed by atoms with Gasteiger partial charge >= 0.3 is 0 Å². The standard InChI is InChI=1S/C13H15BrClNO2/c14-10-4-3-9(7-11(10)15)12(18)16-13(8-17)5-1-2-6-13/h3-4,7,17H,1-2,5-6,8H2,(H,16,18). The molecule has 3 nitrogen and oxygen atoms in total. The van der Waals surface area contributed by atoms with Crippen LogP contribution in [-0.2, 0) is 0 Å². The molecule has 1 fully saturated rings. The van der Waals surface area contributed by atoms with E-state index in [2.05, 4.69) is 21.2 Å². The molecule has 0 atom stereocenters. The monoisotopic (exact) mass is 331 g/mol. The molecule has 0 bridgehead atoms. The van der Waals surface area contributed by atoms with Crippen molar-refractivity contribution in [3.8, 4) is 0 Å². The molecule has 0 unspecified atom stereocenters. The van der Waals surface area contributed by atoms with E-state index in [0.29, 0.717) is 10.6 Å². The van der Waals surface area contributed by atoms with Crippen molar-refractivity contribution in [1.29, 1.82) is 0 Å². The second kappa shape index (κ2) is 5.59. The lowest BCUT2D eigenvalue weighted by Gasteiger charge is -2.28. The Morgan fingerprint density at radius 1 is 1.44 bits per heavy atom. The van der Waals surface area contributed by atoms with Crippen LogP contribution in [-0.4, -0.2) is 23.2 Å². The average molecular weight is 333 g/mol. The number of nitrogens with one attached hydrogen (secondary N) is 1. The van der Waals surface area contributed by atoms with Crippen molar-refractivity contribution in [3.05, 3.63) is 33.3 Å². The first-order chi connectivity index (χ1) is 8.56. The first-order valence-corrected chi connectivity index (χ1v) is 7.12. The number of benzene rings is 1. The van der Waals surface area contributed by atoms with Gasteiger partial charge in [-0.25, -0.2) is 0 Å². The predicted molar refractivity (Wildman–Crippen MR) is 74.9 cm³/mol. The summed E-state index contributed by atoms with van der Waals surface area (Å²) >= 11 is 9.25. The largest absolute Gasteiger partial charge is 0.394 e. The lowest BCUT2D eigenvalue weighted by molar-refractivity contribution is 0.0838. The third kappa shape index (κ3) is 2.87. The fourth-order valence-corrected chi connectivity index (χ4v) is 2.75. The van der Waals surface area contributed by atoms with Gasteiger partial charge in [0.05, 0.1) is 17.2 Å². The molecule has 1 aliphatic rings. The first-order valence-electron chi connectivity index (χ1n) is 5.95. The maximum Gasteiger partial charge on any atom is 0.251 e. The number of carbonyl (C=O) groups excluding carboxylic acids is 1. The SMILES string of the molecule is O=C(NC1(CO)CCCC1)c1ccc(Br)c(Cl)c1. The summed E-state index contributed by atoms with van der Waals surface area (Å²) in [6.45, 7) is -0.0109. The zero-order valence-electron chi connectivity index (χ0n) is 9.88. The molecule has 0 radical (unpaired) electrons. The highest BCUT2D eigenvalue weighted by molar-refractivity contribution is 9.10. The van der Waals surface area contributed by atoms with E-state index < -0.39 is 5.54 Å². The Labute approximate surface area is 120 Å². The van der Waals surface area contributed by atoms with Crippen molar-refractivity contribution in [2.45, 2.75) is 31.2 Å². The minimum absolute atomic E-state index is 0.0109. The van der Waals surface area contributed by atoms with Gasteiger partial charge in [-0.2, -0.15) is 0 Å². The van der Waals surface area contributed by atoms with Gasteiger partial charge in [0.2, 0.25) is 0 Å². The Morgan fingerprint density at radius 2 is 2.11 bits per heavy atom. The Morgan fingerprint density at radius 3 is 2.67 bits per heavy atom. The first kappa shape index (κ1) is 13.8. The molecule has 0 heterocycles.